The third kappa shape index (κ3) is 2.48. The van der Waals surface area contributed by atoms with Crippen LogP contribution in [0.5, 0.6) is 0 Å². The SMILES string of the molecule is CCCCCc1nn[c]n1-c1ccccc1. The summed E-state index contributed by atoms with van der Waals surface area (Å²) in [5, 5.41) is 7.99. The summed E-state index contributed by atoms with van der Waals surface area (Å²) in [6.07, 6.45) is 7.50. The molecule has 3 heteroatoms. The minimum atomic E-state index is 0.971. The smallest absolute Gasteiger partial charge is 0.207 e. The minimum absolute atomic E-state index is 0.971. The van der Waals surface area contributed by atoms with Gasteiger partial charge in [-0.2, -0.15) is 0 Å². The van der Waals surface area contributed by atoms with Crippen LogP contribution in [-0.4, -0.2) is 14.8 Å². The Bertz CT molecular complexity index is 420. The van der Waals surface area contributed by atoms with Crippen LogP contribution in [0.4, 0.5) is 0 Å². The van der Waals surface area contributed by atoms with Crippen LogP contribution in [-0.2, 0) is 6.42 Å². The standard InChI is InChI=1S/C13H16N3/c1-2-3-5-10-13-15-14-11-16(13)12-8-6-4-7-9-12/h4,6-9H,2-3,5,10H2,1H3. The highest BCUT2D eigenvalue weighted by molar-refractivity contribution is 5.31. The van der Waals surface area contributed by atoms with Crippen molar-refractivity contribution < 1.29 is 0 Å². The van der Waals surface area contributed by atoms with Crippen molar-refractivity contribution in [1.82, 2.24) is 14.8 Å². The Balaban J connectivity index is 2.13. The second-order valence-corrected chi connectivity index (χ2v) is 3.84. The van der Waals surface area contributed by atoms with Gasteiger partial charge >= 0.3 is 0 Å². The summed E-state index contributed by atoms with van der Waals surface area (Å²) in [5.41, 5.74) is 1.08. The van der Waals surface area contributed by atoms with E-state index < -0.39 is 0 Å². The van der Waals surface area contributed by atoms with Gasteiger partial charge in [0.1, 0.15) is 5.82 Å². The summed E-state index contributed by atoms with van der Waals surface area (Å²) in [7, 11) is 0. The number of aryl methyl sites for hydroxylation is 1. The number of aromatic nitrogens is 3. The zero-order chi connectivity index (χ0) is 11.2. The third-order valence-electron chi connectivity index (χ3n) is 2.59. The van der Waals surface area contributed by atoms with Crippen molar-refractivity contribution in [3.63, 3.8) is 0 Å². The first-order valence-electron chi connectivity index (χ1n) is 5.79. The van der Waals surface area contributed by atoms with Crippen LogP contribution in [0.25, 0.3) is 5.69 Å². The second-order valence-electron chi connectivity index (χ2n) is 3.84. The molecule has 0 aliphatic rings. The maximum atomic E-state index is 4.12. The number of hydrogen-bond acceptors (Lipinski definition) is 2. The zero-order valence-corrected chi connectivity index (χ0v) is 9.56. The van der Waals surface area contributed by atoms with Gasteiger partial charge < -0.3 is 0 Å². The van der Waals surface area contributed by atoms with Crippen LogP contribution in [0.3, 0.4) is 0 Å². The summed E-state index contributed by atoms with van der Waals surface area (Å²) in [4.78, 5) is 0. The molecule has 1 heterocycles. The molecule has 83 valence electrons. The lowest BCUT2D eigenvalue weighted by molar-refractivity contribution is 0.684. The summed E-state index contributed by atoms with van der Waals surface area (Å²) in [6, 6.07) is 10.1. The Hall–Kier alpha value is -1.64. The average molecular weight is 214 g/mol. The Labute approximate surface area is 96.1 Å². The normalized spacial score (nSPS) is 10.6. The van der Waals surface area contributed by atoms with E-state index in [1.807, 2.05) is 34.9 Å². The van der Waals surface area contributed by atoms with E-state index >= 15 is 0 Å². The molecule has 0 spiro atoms. The van der Waals surface area contributed by atoms with E-state index in [-0.39, 0.29) is 0 Å². The lowest BCUT2D eigenvalue weighted by atomic mass is 10.2. The van der Waals surface area contributed by atoms with Crippen LogP contribution in [0.2, 0.25) is 0 Å². The van der Waals surface area contributed by atoms with Gasteiger partial charge in [-0.1, -0.05) is 38.0 Å². The number of rotatable bonds is 5. The summed E-state index contributed by atoms with van der Waals surface area (Å²) in [5.74, 6) is 1.000. The van der Waals surface area contributed by atoms with Crippen molar-refractivity contribution >= 4 is 0 Å². The van der Waals surface area contributed by atoms with Gasteiger partial charge in [-0.05, 0) is 18.6 Å². The van der Waals surface area contributed by atoms with Crippen molar-refractivity contribution in [3.8, 4) is 5.69 Å². The molecule has 0 N–H and O–H groups in total. The first-order chi connectivity index (χ1) is 7.92. The van der Waals surface area contributed by atoms with E-state index in [0.29, 0.717) is 0 Å². The lowest BCUT2D eigenvalue weighted by Gasteiger charge is -2.04. The highest BCUT2D eigenvalue weighted by Gasteiger charge is 2.05. The van der Waals surface area contributed by atoms with Gasteiger partial charge in [-0.3, -0.25) is 4.57 Å². The van der Waals surface area contributed by atoms with E-state index in [4.69, 9.17) is 0 Å². The molecule has 0 aliphatic carbocycles. The minimum Gasteiger partial charge on any atom is -0.276 e. The highest BCUT2D eigenvalue weighted by Crippen LogP contribution is 2.10. The van der Waals surface area contributed by atoms with Gasteiger partial charge in [0.05, 0.1) is 0 Å². The molecule has 1 radical (unpaired) electrons. The number of unbranched alkanes of at least 4 members (excludes halogenated alkanes) is 2. The molecule has 16 heavy (non-hydrogen) atoms. The summed E-state index contributed by atoms with van der Waals surface area (Å²) >= 11 is 0. The van der Waals surface area contributed by atoms with Gasteiger partial charge in [0.2, 0.25) is 6.33 Å². The van der Waals surface area contributed by atoms with E-state index in [9.17, 15) is 0 Å². The number of benzene rings is 1. The Morgan fingerprint density at radius 1 is 1.19 bits per heavy atom. The average Bonchev–Trinajstić information content (AvgIpc) is 2.79. The predicted molar refractivity (Wildman–Crippen MR) is 63.4 cm³/mol. The summed E-state index contributed by atoms with van der Waals surface area (Å²) in [6.45, 7) is 2.20. The van der Waals surface area contributed by atoms with Crippen LogP contribution < -0.4 is 0 Å². The van der Waals surface area contributed by atoms with Crippen molar-refractivity contribution in [1.29, 1.82) is 0 Å². The predicted octanol–water partition coefficient (Wildman–Crippen LogP) is 2.80. The molecule has 0 fully saturated rings. The molecular formula is C13H16N3. The Morgan fingerprint density at radius 2 is 2.00 bits per heavy atom. The molecule has 2 aromatic rings. The molecule has 1 aromatic carbocycles. The largest absolute Gasteiger partial charge is 0.276 e. The maximum absolute atomic E-state index is 4.12. The second kappa shape index (κ2) is 5.45. The van der Waals surface area contributed by atoms with Gasteiger partial charge in [0.25, 0.3) is 0 Å². The molecular weight excluding hydrogens is 198 g/mol. The molecule has 0 bridgehead atoms. The van der Waals surface area contributed by atoms with Gasteiger partial charge in [-0.25, -0.2) is 0 Å². The topological polar surface area (TPSA) is 30.7 Å². The van der Waals surface area contributed by atoms with Crippen molar-refractivity contribution in [2.45, 2.75) is 32.6 Å². The van der Waals surface area contributed by atoms with E-state index in [1.54, 1.807) is 0 Å². The molecule has 0 atom stereocenters. The highest BCUT2D eigenvalue weighted by atomic mass is 15.3. The monoisotopic (exact) mass is 214 g/mol. The van der Waals surface area contributed by atoms with Gasteiger partial charge in [0, 0.05) is 12.1 Å². The maximum Gasteiger partial charge on any atom is 0.207 e. The van der Waals surface area contributed by atoms with Gasteiger partial charge in [0.15, 0.2) is 0 Å². The third-order valence-corrected chi connectivity index (χ3v) is 2.59. The van der Waals surface area contributed by atoms with E-state index in [2.05, 4.69) is 23.4 Å². The zero-order valence-electron chi connectivity index (χ0n) is 9.56. The van der Waals surface area contributed by atoms with Crippen molar-refractivity contribution in [3.05, 3.63) is 42.5 Å². The number of nitrogens with zero attached hydrogens (tertiary/aromatic N) is 3. The Kier molecular flexibility index (Phi) is 3.70. The van der Waals surface area contributed by atoms with E-state index in [1.165, 1.54) is 12.8 Å². The quantitative estimate of drug-likeness (QED) is 0.716. The lowest BCUT2D eigenvalue weighted by Crippen LogP contribution is -2.00. The first kappa shape index (κ1) is 10.9. The molecule has 0 aliphatic heterocycles. The fraction of sp³-hybridized carbons (Fsp3) is 0.385. The van der Waals surface area contributed by atoms with Crippen LogP contribution in [0.1, 0.15) is 32.0 Å². The fourth-order valence-corrected chi connectivity index (χ4v) is 1.71. The molecule has 0 unspecified atom stereocenters. The molecule has 1 aromatic heterocycles. The molecule has 0 amide bonds. The molecule has 2 rings (SSSR count). The molecule has 0 saturated heterocycles. The van der Waals surface area contributed by atoms with Crippen molar-refractivity contribution in [2.75, 3.05) is 0 Å². The van der Waals surface area contributed by atoms with E-state index in [0.717, 1.165) is 24.4 Å². The van der Waals surface area contributed by atoms with Crippen molar-refractivity contribution in [2.24, 2.45) is 0 Å². The Morgan fingerprint density at radius 3 is 2.75 bits per heavy atom. The van der Waals surface area contributed by atoms with Crippen LogP contribution in [0, 0.1) is 6.33 Å². The summed E-state index contributed by atoms with van der Waals surface area (Å²) < 4.78 is 1.94. The molecule has 3 nitrogen and oxygen atoms in total. The first-order valence-corrected chi connectivity index (χ1v) is 5.79. The molecule has 0 saturated carbocycles. The number of hydrogen-bond donors (Lipinski definition) is 0. The van der Waals surface area contributed by atoms with Gasteiger partial charge in [-0.15, -0.1) is 10.2 Å². The number of para-hydroxylation sites is 1. The van der Waals surface area contributed by atoms with Crippen LogP contribution in [0.15, 0.2) is 30.3 Å². The van der Waals surface area contributed by atoms with Crippen LogP contribution >= 0.6 is 0 Å². The fourth-order valence-electron chi connectivity index (χ4n) is 1.71.